The van der Waals surface area contributed by atoms with E-state index in [0.717, 1.165) is 5.56 Å². The minimum absolute atomic E-state index is 0.111. The first kappa shape index (κ1) is 27.8. The van der Waals surface area contributed by atoms with Crippen LogP contribution in [-0.2, 0) is 11.4 Å². The third-order valence-electron chi connectivity index (χ3n) is 5.87. The van der Waals surface area contributed by atoms with E-state index < -0.39 is 17.9 Å². The molecule has 10 heteroatoms. The van der Waals surface area contributed by atoms with Crippen molar-refractivity contribution in [2.45, 2.75) is 33.4 Å². The number of hydrogen-bond donors (Lipinski definition) is 2. The van der Waals surface area contributed by atoms with E-state index in [1.807, 2.05) is 45.0 Å². The fourth-order valence-electron chi connectivity index (χ4n) is 3.80. The predicted molar refractivity (Wildman–Crippen MR) is 148 cm³/mol. The third kappa shape index (κ3) is 7.20. The van der Waals surface area contributed by atoms with Crippen molar-refractivity contribution in [3.05, 3.63) is 82.4 Å². The monoisotopic (exact) mass is 551 g/mol. The van der Waals surface area contributed by atoms with Gasteiger partial charge in [0.1, 0.15) is 12.6 Å². The fourth-order valence-corrected chi connectivity index (χ4v) is 3.99. The van der Waals surface area contributed by atoms with Crippen LogP contribution >= 0.6 is 11.6 Å². The second-order valence-electron chi connectivity index (χ2n) is 9.02. The molecule has 0 saturated heterocycles. The number of hydrazone groups is 1. The highest BCUT2D eigenvalue weighted by Gasteiger charge is 2.25. The molecule has 1 heterocycles. The van der Waals surface area contributed by atoms with Gasteiger partial charge in [-0.05, 0) is 60.9 Å². The molecule has 3 aromatic carbocycles. The van der Waals surface area contributed by atoms with Crippen molar-refractivity contribution < 1.29 is 28.5 Å². The lowest BCUT2D eigenvalue weighted by Crippen LogP contribution is -2.48. The molecule has 0 fully saturated rings. The minimum Gasteiger partial charge on any atom is -0.490 e. The lowest BCUT2D eigenvalue weighted by Gasteiger charge is -2.20. The second kappa shape index (κ2) is 13.0. The van der Waals surface area contributed by atoms with E-state index in [0.29, 0.717) is 45.8 Å². The number of halogens is 1. The molecule has 4 rings (SSSR count). The molecule has 1 aliphatic rings. The van der Waals surface area contributed by atoms with Gasteiger partial charge < -0.3 is 24.3 Å². The van der Waals surface area contributed by atoms with Crippen molar-refractivity contribution in [3.8, 4) is 23.0 Å². The Morgan fingerprint density at radius 2 is 1.82 bits per heavy atom. The average Bonchev–Trinajstić information content (AvgIpc) is 3.40. The van der Waals surface area contributed by atoms with Gasteiger partial charge in [-0.3, -0.25) is 9.59 Å². The standard InChI is InChI=1S/C29H30ClN3O6/c1-4-36-25-13-19(9-11-23(25)37-16-21-7-5-6-8-22(21)30)15-31-33-29(35)27(18(2)3)32-28(34)20-10-12-24-26(14-20)39-17-38-24/h5-15,18,27H,4,16-17H2,1-3H3,(H,32,34)(H,33,35). The Morgan fingerprint density at radius 1 is 1.03 bits per heavy atom. The largest absolute Gasteiger partial charge is 0.490 e. The molecule has 39 heavy (non-hydrogen) atoms. The summed E-state index contributed by atoms with van der Waals surface area (Å²) < 4.78 is 22.3. The number of benzene rings is 3. The van der Waals surface area contributed by atoms with Crippen molar-refractivity contribution in [2.24, 2.45) is 11.0 Å². The second-order valence-corrected chi connectivity index (χ2v) is 9.42. The summed E-state index contributed by atoms with van der Waals surface area (Å²) in [6.07, 6.45) is 1.50. The highest BCUT2D eigenvalue weighted by atomic mass is 35.5. The van der Waals surface area contributed by atoms with Gasteiger partial charge in [0.15, 0.2) is 23.0 Å². The summed E-state index contributed by atoms with van der Waals surface area (Å²) >= 11 is 6.22. The molecule has 0 bridgehead atoms. The van der Waals surface area contributed by atoms with Crippen molar-refractivity contribution in [1.29, 1.82) is 0 Å². The number of amides is 2. The number of nitrogens with one attached hydrogen (secondary N) is 2. The van der Waals surface area contributed by atoms with Crippen LogP contribution in [0.1, 0.15) is 42.3 Å². The SMILES string of the molecule is CCOc1cc(C=NNC(=O)C(NC(=O)c2ccc3c(c2)OCO3)C(C)C)ccc1OCc1ccccc1Cl. The molecule has 3 aromatic rings. The summed E-state index contributed by atoms with van der Waals surface area (Å²) in [5.74, 6) is 1.13. The van der Waals surface area contributed by atoms with Crippen LogP contribution in [0.4, 0.5) is 0 Å². The molecule has 2 N–H and O–H groups in total. The first-order chi connectivity index (χ1) is 18.9. The molecule has 1 unspecified atom stereocenters. The van der Waals surface area contributed by atoms with Gasteiger partial charge in [0.05, 0.1) is 12.8 Å². The van der Waals surface area contributed by atoms with Gasteiger partial charge in [-0.15, -0.1) is 0 Å². The number of fused-ring (bicyclic) bond motifs is 1. The summed E-state index contributed by atoms with van der Waals surface area (Å²) in [5, 5.41) is 7.48. The molecule has 0 spiro atoms. The minimum atomic E-state index is -0.806. The van der Waals surface area contributed by atoms with E-state index in [2.05, 4.69) is 15.8 Å². The van der Waals surface area contributed by atoms with E-state index in [-0.39, 0.29) is 19.3 Å². The molecule has 0 aliphatic carbocycles. The van der Waals surface area contributed by atoms with Crippen LogP contribution in [0.15, 0.2) is 65.8 Å². The zero-order chi connectivity index (χ0) is 27.8. The lowest BCUT2D eigenvalue weighted by molar-refractivity contribution is -0.123. The Kier molecular flexibility index (Phi) is 9.27. The number of nitrogens with zero attached hydrogens (tertiary/aromatic N) is 1. The molecule has 2 amide bonds. The lowest BCUT2D eigenvalue weighted by atomic mass is 10.0. The summed E-state index contributed by atoms with van der Waals surface area (Å²) in [4.78, 5) is 25.7. The van der Waals surface area contributed by atoms with Crippen LogP contribution < -0.4 is 29.7 Å². The highest BCUT2D eigenvalue weighted by Crippen LogP contribution is 2.32. The van der Waals surface area contributed by atoms with E-state index in [1.165, 1.54) is 6.21 Å². The molecular weight excluding hydrogens is 522 g/mol. The molecule has 9 nitrogen and oxygen atoms in total. The smallest absolute Gasteiger partial charge is 0.262 e. The fraction of sp³-hybridized carbons (Fsp3) is 0.276. The number of ether oxygens (including phenoxy) is 4. The highest BCUT2D eigenvalue weighted by molar-refractivity contribution is 6.31. The molecular formula is C29H30ClN3O6. The summed E-state index contributed by atoms with van der Waals surface area (Å²) in [6, 6.07) is 16.9. The van der Waals surface area contributed by atoms with Gasteiger partial charge >= 0.3 is 0 Å². The molecule has 0 radical (unpaired) electrons. The quantitative estimate of drug-likeness (QED) is 0.258. The summed E-state index contributed by atoms with van der Waals surface area (Å²) in [7, 11) is 0. The van der Waals surface area contributed by atoms with Gasteiger partial charge in [0, 0.05) is 16.1 Å². The maximum absolute atomic E-state index is 12.9. The van der Waals surface area contributed by atoms with E-state index >= 15 is 0 Å². The Morgan fingerprint density at radius 3 is 2.59 bits per heavy atom. The molecule has 0 saturated carbocycles. The van der Waals surface area contributed by atoms with E-state index in [1.54, 1.807) is 36.4 Å². The maximum Gasteiger partial charge on any atom is 0.262 e. The van der Waals surface area contributed by atoms with Crippen molar-refractivity contribution >= 4 is 29.6 Å². The predicted octanol–water partition coefficient (Wildman–Crippen LogP) is 4.95. The van der Waals surface area contributed by atoms with Crippen molar-refractivity contribution in [2.75, 3.05) is 13.4 Å². The summed E-state index contributed by atoms with van der Waals surface area (Å²) in [6.45, 7) is 6.40. The number of carbonyl (C=O) groups is 2. The van der Waals surface area contributed by atoms with Crippen LogP contribution in [0, 0.1) is 5.92 Å². The van der Waals surface area contributed by atoms with E-state index in [4.69, 9.17) is 30.5 Å². The van der Waals surface area contributed by atoms with Crippen molar-refractivity contribution in [3.63, 3.8) is 0 Å². The topological polar surface area (TPSA) is 107 Å². The number of carbonyl (C=O) groups excluding carboxylic acids is 2. The van der Waals surface area contributed by atoms with Gasteiger partial charge in [0.25, 0.3) is 11.8 Å². The normalized spacial score (nSPS) is 12.8. The molecule has 0 aromatic heterocycles. The van der Waals surface area contributed by atoms with Gasteiger partial charge in [-0.1, -0.05) is 43.6 Å². The van der Waals surface area contributed by atoms with Crippen LogP contribution in [0.3, 0.4) is 0 Å². The molecule has 1 atom stereocenters. The Hall–Kier alpha value is -4.24. The first-order valence-corrected chi connectivity index (χ1v) is 12.9. The van der Waals surface area contributed by atoms with Gasteiger partial charge in [-0.2, -0.15) is 5.10 Å². The zero-order valence-corrected chi connectivity index (χ0v) is 22.7. The Balaban J connectivity index is 1.38. The Bertz CT molecular complexity index is 1360. The van der Waals surface area contributed by atoms with Gasteiger partial charge in [0.2, 0.25) is 6.79 Å². The van der Waals surface area contributed by atoms with Crippen LogP contribution in [-0.4, -0.2) is 37.5 Å². The van der Waals surface area contributed by atoms with Gasteiger partial charge in [-0.25, -0.2) is 5.43 Å². The Labute approximate surface area is 232 Å². The van der Waals surface area contributed by atoms with Crippen LogP contribution in [0.25, 0.3) is 0 Å². The summed E-state index contributed by atoms with van der Waals surface area (Å²) in [5.41, 5.74) is 4.43. The first-order valence-electron chi connectivity index (χ1n) is 12.5. The van der Waals surface area contributed by atoms with Crippen molar-refractivity contribution in [1.82, 2.24) is 10.7 Å². The van der Waals surface area contributed by atoms with E-state index in [9.17, 15) is 9.59 Å². The molecule has 204 valence electrons. The van der Waals surface area contributed by atoms with Crippen LogP contribution in [0.2, 0.25) is 5.02 Å². The number of rotatable bonds is 11. The van der Waals surface area contributed by atoms with Crippen LogP contribution in [0.5, 0.6) is 23.0 Å². The maximum atomic E-state index is 12.9. The number of hydrogen-bond acceptors (Lipinski definition) is 7. The third-order valence-corrected chi connectivity index (χ3v) is 6.24. The molecule has 1 aliphatic heterocycles. The zero-order valence-electron chi connectivity index (χ0n) is 21.9. The average molecular weight is 552 g/mol.